The summed E-state index contributed by atoms with van der Waals surface area (Å²) in [6, 6.07) is 1.70. The monoisotopic (exact) mass is 309 g/mol. The van der Waals surface area contributed by atoms with Crippen LogP contribution in [-0.2, 0) is 0 Å². The van der Waals surface area contributed by atoms with E-state index in [9.17, 15) is 4.79 Å². The quantitative estimate of drug-likeness (QED) is 0.866. The topological polar surface area (TPSA) is 59.2 Å². The van der Waals surface area contributed by atoms with Gasteiger partial charge in [-0.3, -0.25) is 9.78 Å². The van der Waals surface area contributed by atoms with Crippen LogP contribution in [0.25, 0.3) is 0 Å². The van der Waals surface area contributed by atoms with E-state index in [1.807, 2.05) is 4.90 Å². The second-order valence-corrected chi connectivity index (χ2v) is 6.35. The Bertz CT molecular complexity index is 495. The predicted molar refractivity (Wildman–Crippen MR) is 86.6 cm³/mol. The molecule has 0 unspecified atom stereocenters. The first-order chi connectivity index (χ1) is 9.70. The van der Waals surface area contributed by atoms with Gasteiger partial charge in [-0.25, -0.2) is 0 Å². The zero-order chi connectivity index (χ0) is 14.0. The second kappa shape index (κ2) is 6.65. The van der Waals surface area contributed by atoms with Gasteiger partial charge in [-0.15, -0.1) is 12.4 Å². The van der Waals surface area contributed by atoms with Gasteiger partial charge in [0.2, 0.25) is 0 Å². The van der Waals surface area contributed by atoms with Gasteiger partial charge in [0.15, 0.2) is 0 Å². The van der Waals surface area contributed by atoms with Crippen LogP contribution in [0.2, 0.25) is 0 Å². The van der Waals surface area contributed by atoms with Crippen LogP contribution in [-0.4, -0.2) is 28.9 Å². The van der Waals surface area contributed by atoms with Gasteiger partial charge in [0.1, 0.15) is 0 Å². The van der Waals surface area contributed by atoms with E-state index in [-0.39, 0.29) is 18.3 Å². The molecule has 1 spiro atoms. The Kier molecular flexibility index (Phi) is 5.09. The molecule has 2 heterocycles. The summed E-state index contributed by atoms with van der Waals surface area (Å²) in [5.41, 5.74) is 7.38. The Morgan fingerprint density at radius 1 is 1.19 bits per heavy atom. The van der Waals surface area contributed by atoms with Crippen LogP contribution in [0.15, 0.2) is 18.5 Å². The number of hydrogen-bond acceptors (Lipinski definition) is 3. The number of anilines is 1. The average Bonchev–Trinajstić information content (AvgIpc) is 2.48. The van der Waals surface area contributed by atoms with Crippen molar-refractivity contribution in [3.8, 4) is 0 Å². The number of piperidine rings is 1. The van der Waals surface area contributed by atoms with Gasteiger partial charge in [-0.05, 0) is 37.2 Å². The number of amides is 1. The van der Waals surface area contributed by atoms with Crippen molar-refractivity contribution in [2.24, 2.45) is 5.41 Å². The number of hydrogen-bond donors (Lipinski definition) is 1. The molecule has 1 saturated carbocycles. The molecule has 2 N–H and O–H groups in total. The van der Waals surface area contributed by atoms with Gasteiger partial charge in [-0.2, -0.15) is 0 Å². The highest BCUT2D eigenvalue weighted by Crippen LogP contribution is 2.43. The summed E-state index contributed by atoms with van der Waals surface area (Å²) in [6.45, 7) is 1.76. The van der Waals surface area contributed by atoms with Gasteiger partial charge >= 0.3 is 0 Å². The molecule has 2 fully saturated rings. The first kappa shape index (κ1) is 16.1. The van der Waals surface area contributed by atoms with Crippen molar-refractivity contribution >= 4 is 24.0 Å². The molecule has 1 aromatic heterocycles. The fourth-order valence-corrected chi connectivity index (χ4v) is 3.85. The lowest BCUT2D eigenvalue weighted by molar-refractivity contribution is 0.0385. The van der Waals surface area contributed by atoms with E-state index in [2.05, 4.69) is 4.98 Å². The van der Waals surface area contributed by atoms with Crippen molar-refractivity contribution in [2.45, 2.75) is 44.9 Å². The molecule has 0 aromatic carbocycles. The summed E-state index contributed by atoms with van der Waals surface area (Å²) >= 11 is 0. The molecule has 4 nitrogen and oxygen atoms in total. The van der Waals surface area contributed by atoms with Crippen LogP contribution in [0.3, 0.4) is 0 Å². The molecule has 0 atom stereocenters. The van der Waals surface area contributed by atoms with E-state index < -0.39 is 0 Å². The van der Waals surface area contributed by atoms with Crippen LogP contribution in [0.4, 0.5) is 5.69 Å². The molecule has 0 radical (unpaired) electrons. The maximum Gasteiger partial charge on any atom is 0.257 e. The SMILES string of the molecule is Cl.Nc1ccncc1C(=O)N1CCCC2(CCCCC2)C1. The zero-order valence-corrected chi connectivity index (χ0v) is 13.2. The van der Waals surface area contributed by atoms with Crippen molar-refractivity contribution in [1.29, 1.82) is 0 Å². The Hall–Kier alpha value is -1.29. The van der Waals surface area contributed by atoms with Gasteiger partial charge in [0.25, 0.3) is 5.91 Å². The average molecular weight is 310 g/mol. The third-order valence-corrected chi connectivity index (χ3v) is 4.95. The van der Waals surface area contributed by atoms with Gasteiger partial charge < -0.3 is 10.6 Å². The highest BCUT2D eigenvalue weighted by atomic mass is 35.5. The summed E-state index contributed by atoms with van der Waals surface area (Å²) in [5.74, 6) is 0.0558. The molecule has 0 bridgehead atoms. The standard InChI is InChI=1S/C16H23N3O.ClH/c17-14-5-9-18-11-13(14)15(20)19-10-4-8-16(12-19)6-2-1-3-7-16;/h5,9,11H,1-4,6-8,10,12H2,(H2,17,18);1H. The van der Waals surface area contributed by atoms with E-state index in [0.29, 0.717) is 16.7 Å². The summed E-state index contributed by atoms with van der Waals surface area (Å²) in [6.07, 6.45) is 12.2. The molecule has 1 aliphatic heterocycles. The van der Waals surface area contributed by atoms with Crippen LogP contribution in [0, 0.1) is 5.41 Å². The van der Waals surface area contributed by atoms with E-state index in [0.717, 1.165) is 19.5 Å². The summed E-state index contributed by atoms with van der Waals surface area (Å²) in [4.78, 5) is 18.7. The van der Waals surface area contributed by atoms with Crippen LogP contribution < -0.4 is 5.73 Å². The van der Waals surface area contributed by atoms with E-state index in [1.165, 1.54) is 38.5 Å². The number of nitrogens with two attached hydrogens (primary N) is 1. The maximum absolute atomic E-state index is 12.7. The first-order valence-electron chi connectivity index (χ1n) is 7.69. The lowest BCUT2D eigenvalue weighted by atomic mass is 9.69. The van der Waals surface area contributed by atoms with E-state index in [1.54, 1.807) is 18.5 Å². The molecule has 3 rings (SSSR count). The summed E-state index contributed by atoms with van der Waals surface area (Å²) in [7, 11) is 0. The molecule has 21 heavy (non-hydrogen) atoms. The Labute approximate surface area is 132 Å². The predicted octanol–water partition coefficient (Wildman–Crippen LogP) is 3.27. The maximum atomic E-state index is 12.7. The number of rotatable bonds is 1. The number of nitrogen functional groups attached to an aromatic ring is 1. The minimum atomic E-state index is 0. The van der Waals surface area contributed by atoms with Crippen LogP contribution >= 0.6 is 12.4 Å². The van der Waals surface area contributed by atoms with Crippen LogP contribution in [0.1, 0.15) is 55.3 Å². The second-order valence-electron chi connectivity index (χ2n) is 6.35. The van der Waals surface area contributed by atoms with Crippen molar-refractivity contribution in [2.75, 3.05) is 18.8 Å². The fourth-order valence-electron chi connectivity index (χ4n) is 3.85. The van der Waals surface area contributed by atoms with Crippen molar-refractivity contribution in [1.82, 2.24) is 9.88 Å². The molecule has 1 aromatic rings. The number of carbonyl (C=O) groups excluding carboxylic acids is 1. The molecule has 1 amide bonds. The first-order valence-corrected chi connectivity index (χ1v) is 7.69. The van der Waals surface area contributed by atoms with E-state index >= 15 is 0 Å². The number of nitrogens with zero attached hydrogens (tertiary/aromatic N) is 2. The summed E-state index contributed by atoms with van der Waals surface area (Å²) < 4.78 is 0. The highest BCUT2D eigenvalue weighted by Gasteiger charge is 2.38. The largest absolute Gasteiger partial charge is 0.398 e. The molecule has 1 saturated heterocycles. The van der Waals surface area contributed by atoms with Crippen molar-refractivity contribution in [3.05, 3.63) is 24.0 Å². The Morgan fingerprint density at radius 3 is 2.62 bits per heavy atom. The minimum Gasteiger partial charge on any atom is -0.398 e. The lowest BCUT2D eigenvalue weighted by Crippen LogP contribution is -2.47. The van der Waals surface area contributed by atoms with Crippen molar-refractivity contribution < 1.29 is 4.79 Å². The molecule has 2 aliphatic rings. The smallest absolute Gasteiger partial charge is 0.257 e. The molecule has 116 valence electrons. The van der Waals surface area contributed by atoms with Crippen molar-refractivity contribution in [3.63, 3.8) is 0 Å². The minimum absolute atomic E-state index is 0. The highest BCUT2D eigenvalue weighted by molar-refractivity contribution is 5.98. The van der Waals surface area contributed by atoms with Gasteiger partial charge in [0, 0.05) is 31.2 Å². The normalized spacial score (nSPS) is 20.9. The summed E-state index contributed by atoms with van der Waals surface area (Å²) in [5, 5.41) is 0. The van der Waals surface area contributed by atoms with E-state index in [4.69, 9.17) is 5.73 Å². The Morgan fingerprint density at radius 2 is 1.90 bits per heavy atom. The number of aromatic nitrogens is 1. The number of carbonyl (C=O) groups is 1. The van der Waals surface area contributed by atoms with Gasteiger partial charge in [-0.1, -0.05) is 19.3 Å². The van der Waals surface area contributed by atoms with Gasteiger partial charge in [0.05, 0.1) is 5.56 Å². The lowest BCUT2D eigenvalue weighted by Gasteiger charge is -2.45. The fraction of sp³-hybridized carbons (Fsp3) is 0.625. The van der Waals surface area contributed by atoms with Crippen LogP contribution in [0.5, 0.6) is 0 Å². The third-order valence-electron chi connectivity index (χ3n) is 4.95. The molecular weight excluding hydrogens is 286 g/mol. The third kappa shape index (κ3) is 3.31. The molecule has 1 aliphatic carbocycles. The molecule has 5 heteroatoms. The number of pyridine rings is 1. The number of halogens is 1. The Balaban J connectivity index is 0.00000161. The number of likely N-dealkylation sites (tertiary alicyclic amines) is 1. The molecular formula is C16H24ClN3O. The zero-order valence-electron chi connectivity index (χ0n) is 12.4.